The summed E-state index contributed by atoms with van der Waals surface area (Å²) in [6.07, 6.45) is 3.97. The number of aromatic nitrogens is 2. The van der Waals surface area contributed by atoms with E-state index >= 15 is 0 Å². The van der Waals surface area contributed by atoms with Gasteiger partial charge in [0.05, 0.1) is 24.8 Å². The van der Waals surface area contributed by atoms with Gasteiger partial charge in [0.1, 0.15) is 11.6 Å². The molecule has 0 radical (unpaired) electrons. The van der Waals surface area contributed by atoms with Gasteiger partial charge >= 0.3 is 0 Å². The lowest BCUT2D eigenvalue weighted by atomic mass is 10.1. The largest absolute Gasteiger partial charge is 0.493 e. The first-order valence-corrected chi connectivity index (χ1v) is 12.0. The van der Waals surface area contributed by atoms with E-state index in [0.29, 0.717) is 36.6 Å². The highest BCUT2D eigenvalue weighted by Crippen LogP contribution is 2.28. The topological polar surface area (TPSA) is 65.4 Å². The molecule has 0 unspecified atom stereocenters. The van der Waals surface area contributed by atoms with Gasteiger partial charge in [-0.1, -0.05) is 24.3 Å². The number of allylic oxidation sites excluding steroid dienone is 1. The Morgan fingerprint density at radius 3 is 2.69 bits per heavy atom. The average Bonchev–Trinajstić information content (AvgIpc) is 3.24. The van der Waals surface area contributed by atoms with Crippen LogP contribution < -0.4 is 14.8 Å². The predicted molar refractivity (Wildman–Crippen MR) is 139 cm³/mol. The molecule has 0 atom stereocenters. The van der Waals surface area contributed by atoms with Crippen LogP contribution in [0.2, 0.25) is 0 Å². The van der Waals surface area contributed by atoms with Gasteiger partial charge in [0.15, 0.2) is 11.5 Å². The average molecular weight is 488 g/mol. The molecule has 4 rings (SSSR count). The molecular formula is C29H30FN3O3. The van der Waals surface area contributed by atoms with E-state index in [0.717, 1.165) is 41.8 Å². The Morgan fingerprint density at radius 1 is 1.11 bits per heavy atom. The van der Waals surface area contributed by atoms with Crippen LogP contribution in [-0.4, -0.2) is 35.7 Å². The van der Waals surface area contributed by atoms with E-state index in [1.54, 1.807) is 7.11 Å². The van der Waals surface area contributed by atoms with Crippen molar-refractivity contribution in [3.05, 3.63) is 102 Å². The number of carbonyl (C=O) groups is 1. The fourth-order valence-electron chi connectivity index (χ4n) is 4.09. The zero-order chi connectivity index (χ0) is 25.3. The minimum absolute atomic E-state index is 0.237. The summed E-state index contributed by atoms with van der Waals surface area (Å²) in [4.78, 5) is 17.1. The second-order valence-corrected chi connectivity index (χ2v) is 8.36. The number of para-hydroxylation sites is 2. The Morgan fingerprint density at radius 2 is 1.92 bits per heavy atom. The van der Waals surface area contributed by atoms with Gasteiger partial charge in [0, 0.05) is 25.1 Å². The van der Waals surface area contributed by atoms with Gasteiger partial charge in [-0.05, 0) is 66.9 Å². The monoisotopic (exact) mass is 487 g/mol. The zero-order valence-corrected chi connectivity index (χ0v) is 20.4. The normalized spacial score (nSPS) is 10.8. The highest BCUT2D eigenvalue weighted by atomic mass is 19.1. The van der Waals surface area contributed by atoms with Crippen molar-refractivity contribution in [1.29, 1.82) is 0 Å². The summed E-state index contributed by atoms with van der Waals surface area (Å²) in [5.74, 6) is 1.71. The van der Waals surface area contributed by atoms with Crippen LogP contribution in [0, 0.1) is 5.82 Å². The van der Waals surface area contributed by atoms with Crippen LogP contribution in [0.3, 0.4) is 0 Å². The maximum atomic E-state index is 13.1. The third-order valence-corrected chi connectivity index (χ3v) is 5.87. The molecule has 0 fully saturated rings. The van der Waals surface area contributed by atoms with Gasteiger partial charge in [-0.2, -0.15) is 0 Å². The van der Waals surface area contributed by atoms with Crippen molar-refractivity contribution in [2.75, 3.05) is 20.3 Å². The van der Waals surface area contributed by atoms with E-state index in [1.807, 2.05) is 48.5 Å². The molecule has 186 valence electrons. The molecule has 1 amide bonds. The molecule has 6 nitrogen and oxygen atoms in total. The van der Waals surface area contributed by atoms with Crippen LogP contribution in [0.4, 0.5) is 4.39 Å². The van der Waals surface area contributed by atoms with E-state index < -0.39 is 0 Å². The summed E-state index contributed by atoms with van der Waals surface area (Å²) < 4.78 is 26.8. The van der Waals surface area contributed by atoms with E-state index in [2.05, 4.69) is 16.5 Å². The van der Waals surface area contributed by atoms with Crippen molar-refractivity contribution in [2.24, 2.45) is 0 Å². The Kier molecular flexibility index (Phi) is 8.34. The van der Waals surface area contributed by atoms with Crippen molar-refractivity contribution < 1.29 is 18.7 Å². The summed E-state index contributed by atoms with van der Waals surface area (Å²) >= 11 is 0. The quantitative estimate of drug-likeness (QED) is 0.216. The second-order valence-electron chi connectivity index (χ2n) is 8.36. The van der Waals surface area contributed by atoms with Crippen molar-refractivity contribution in [2.45, 2.75) is 25.8 Å². The number of ether oxygens (including phenoxy) is 2. The first-order chi connectivity index (χ1) is 17.6. The van der Waals surface area contributed by atoms with Crippen LogP contribution >= 0.6 is 0 Å². The highest BCUT2D eigenvalue weighted by molar-refractivity contribution is 5.94. The number of amides is 1. The van der Waals surface area contributed by atoms with Crippen LogP contribution in [0.25, 0.3) is 11.0 Å². The first kappa shape index (κ1) is 25.0. The van der Waals surface area contributed by atoms with Gasteiger partial charge in [0.2, 0.25) is 0 Å². The summed E-state index contributed by atoms with van der Waals surface area (Å²) in [6.45, 7) is 5.44. The maximum Gasteiger partial charge on any atom is 0.251 e. The molecule has 0 saturated carbocycles. The molecule has 0 aliphatic heterocycles. The van der Waals surface area contributed by atoms with Gasteiger partial charge in [-0.15, -0.1) is 6.58 Å². The van der Waals surface area contributed by atoms with Crippen molar-refractivity contribution in [3.63, 3.8) is 0 Å². The Labute approximate surface area is 210 Å². The molecule has 0 spiro atoms. The van der Waals surface area contributed by atoms with Crippen LogP contribution in [0.15, 0.2) is 79.4 Å². The van der Waals surface area contributed by atoms with Crippen molar-refractivity contribution in [3.8, 4) is 11.5 Å². The second kappa shape index (κ2) is 12.0. The molecule has 1 N–H and O–H groups in total. The molecule has 1 aromatic heterocycles. The number of nitrogens with zero attached hydrogens (tertiary/aromatic N) is 2. The Hall–Kier alpha value is -4.13. The molecule has 0 aliphatic rings. The van der Waals surface area contributed by atoms with Gasteiger partial charge in [-0.25, -0.2) is 9.37 Å². The fourth-order valence-corrected chi connectivity index (χ4v) is 4.09. The number of hydrogen-bond acceptors (Lipinski definition) is 4. The molecule has 7 heteroatoms. The van der Waals surface area contributed by atoms with E-state index in [9.17, 15) is 9.18 Å². The molecule has 0 aliphatic carbocycles. The number of fused-ring (bicyclic) bond motifs is 1. The highest BCUT2D eigenvalue weighted by Gasteiger charge is 2.12. The molecule has 4 aromatic rings. The number of hydrogen-bond donors (Lipinski definition) is 1. The summed E-state index contributed by atoms with van der Waals surface area (Å²) in [7, 11) is 1.64. The standard InChI is InChI=1S/C29H30FN3O3/c1-3-7-21-10-15-26(27(20-21)35-2)36-19-6-18-33-25-9-5-4-8-24(25)32-28(33)16-17-31-29(34)22-11-13-23(30)14-12-22/h3-5,8-15,20H,1,6-7,16-19H2,2H3,(H,31,34). The number of nitrogens with one attached hydrogen (secondary N) is 1. The predicted octanol–water partition coefficient (Wildman–Crippen LogP) is 5.35. The minimum atomic E-state index is -0.368. The van der Waals surface area contributed by atoms with Gasteiger partial charge in [0.25, 0.3) is 5.91 Å². The number of rotatable bonds is 12. The SMILES string of the molecule is C=CCc1ccc(OCCCn2c(CCNC(=O)c3ccc(F)cc3)nc3ccccc32)c(OC)c1. The lowest BCUT2D eigenvalue weighted by Gasteiger charge is -2.13. The maximum absolute atomic E-state index is 13.1. The van der Waals surface area contributed by atoms with E-state index in [1.165, 1.54) is 24.3 Å². The van der Waals surface area contributed by atoms with E-state index in [-0.39, 0.29) is 11.7 Å². The number of halogens is 1. The van der Waals surface area contributed by atoms with Crippen LogP contribution in [0.1, 0.15) is 28.2 Å². The van der Waals surface area contributed by atoms with Gasteiger partial charge in [-0.3, -0.25) is 4.79 Å². The molecular weight excluding hydrogens is 457 g/mol. The molecule has 0 saturated heterocycles. The molecule has 1 heterocycles. The van der Waals surface area contributed by atoms with Crippen molar-refractivity contribution in [1.82, 2.24) is 14.9 Å². The Balaban J connectivity index is 1.37. The van der Waals surface area contributed by atoms with E-state index in [4.69, 9.17) is 14.5 Å². The lowest BCUT2D eigenvalue weighted by Crippen LogP contribution is -2.26. The van der Waals surface area contributed by atoms with Crippen molar-refractivity contribution >= 4 is 16.9 Å². The minimum Gasteiger partial charge on any atom is -0.493 e. The third-order valence-electron chi connectivity index (χ3n) is 5.87. The fraction of sp³-hybridized carbons (Fsp3) is 0.241. The van der Waals surface area contributed by atoms with Gasteiger partial charge < -0.3 is 19.4 Å². The third kappa shape index (κ3) is 6.10. The summed E-state index contributed by atoms with van der Waals surface area (Å²) in [6, 6.07) is 19.4. The summed E-state index contributed by atoms with van der Waals surface area (Å²) in [5, 5.41) is 2.89. The molecule has 36 heavy (non-hydrogen) atoms. The lowest BCUT2D eigenvalue weighted by molar-refractivity contribution is 0.0954. The summed E-state index contributed by atoms with van der Waals surface area (Å²) in [5.41, 5.74) is 3.51. The number of carbonyl (C=O) groups excluding carboxylic acids is 1. The van der Waals surface area contributed by atoms with Crippen LogP contribution in [0.5, 0.6) is 11.5 Å². The Bertz CT molecular complexity index is 1330. The first-order valence-electron chi connectivity index (χ1n) is 12.0. The molecule has 0 bridgehead atoms. The van der Waals surface area contributed by atoms with Crippen LogP contribution in [-0.2, 0) is 19.4 Å². The smallest absolute Gasteiger partial charge is 0.251 e. The molecule has 3 aromatic carbocycles. The number of benzene rings is 3. The number of methoxy groups -OCH3 is 1. The zero-order valence-electron chi connectivity index (χ0n) is 20.4. The number of imidazole rings is 1. The number of aryl methyl sites for hydroxylation is 1.